The Morgan fingerprint density at radius 3 is 2.32 bits per heavy atom. The zero-order valence-electron chi connectivity index (χ0n) is 11.9. The summed E-state index contributed by atoms with van der Waals surface area (Å²) in [4.78, 5) is 2.58. The smallest absolute Gasteiger partial charge is 0.161 e. The average molecular weight is 375 g/mol. The number of ether oxygens (including phenoxy) is 2. The predicted molar refractivity (Wildman–Crippen MR) is 86.2 cm³/mol. The maximum Gasteiger partial charge on any atom is 0.161 e. The molecule has 1 unspecified atom stereocenters. The molecule has 0 aliphatic carbocycles. The van der Waals surface area contributed by atoms with Crippen molar-refractivity contribution in [1.29, 1.82) is 0 Å². The largest absolute Gasteiger partial charge is 0.493 e. The molecule has 1 heterocycles. The van der Waals surface area contributed by atoms with Crippen LogP contribution in [0.5, 0.6) is 11.5 Å². The molecule has 4 heteroatoms. The van der Waals surface area contributed by atoms with E-state index in [4.69, 9.17) is 9.47 Å². The van der Waals surface area contributed by atoms with Gasteiger partial charge in [-0.15, -0.1) is 0 Å². The van der Waals surface area contributed by atoms with Gasteiger partial charge >= 0.3 is 0 Å². The third kappa shape index (κ3) is 3.54. The van der Waals surface area contributed by atoms with E-state index in [1.165, 1.54) is 35.1 Å². The van der Waals surface area contributed by atoms with Gasteiger partial charge in [-0.25, -0.2) is 0 Å². The van der Waals surface area contributed by atoms with E-state index in [1.807, 2.05) is 0 Å². The van der Waals surface area contributed by atoms with Crippen LogP contribution >= 0.6 is 22.6 Å². The Balaban J connectivity index is 2.14. The molecule has 1 aliphatic rings. The second kappa shape index (κ2) is 6.79. The van der Waals surface area contributed by atoms with E-state index in [0.717, 1.165) is 17.9 Å². The number of halogens is 1. The van der Waals surface area contributed by atoms with Crippen molar-refractivity contribution in [2.45, 2.75) is 32.2 Å². The topological polar surface area (TPSA) is 21.7 Å². The Bertz CT molecular complexity index is 430. The van der Waals surface area contributed by atoms with Gasteiger partial charge in [0.1, 0.15) is 0 Å². The van der Waals surface area contributed by atoms with Crippen LogP contribution in [0.25, 0.3) is 0 Å². The maximum atomic E-state index is 5.40. The molecule has 19 heavy (non-hydrogen) atoms. The highest BCUT2D eigenvalue weighted by atomic mass is 127. The van der Waals surface area contributed by atoms with Crippen molar-refractivity contribution in [3.63, 3.8) is 0 Å². The van der Waals surface area contributed by atoms with Crippen molar-refractivity contribution in [3.05, 3.63) is 21.3 Å². The molecule has 1 saturated heterocycles. The SMILES string of the molecule is COc1cc(I)c(CC(C)N2CCCC2)cc1OC. The first-order valence-electron chi connectivity index (χ1n) is 6.80. The summed E-state index contributed by atoms with van der Waals surface area (Å²) >= 11 is 2.38. The van der Waals surface area contributed by atoms with Gasteiger partial charge in [0.15, 0.2) is 11.5 Å². The van der Waals surface area contributed by atoms with Crippen LogP contribution in [0.2, 0.25) is 0 Å². The van der Waals surface area contributed by atoms with E-state index in [9.17, 15) is 0 Å². The molecule has 1 fully saturated rings. The van der Waals surface area contributed by atoms with Crippen LogP contribution < -0.4 is 9.47 Å². The summed E-state index contributed by atoms with van der Waals surface area (Å²) in [7, 11) is 3.37. The van der Waals surface area contributed by atoms with Crippen LogP contribution in [0.1, 0.15) is 25.3 Å². The van der Waals surface area contributed by atoms with Crippen molar-refractivity contribution in [1.82, 2.24) is 4.90 Å². The lowest BCUT2D eigenvalue weighted by Crippen LogP contribution is -2.31. The number of hydrogen-bond acceptors (Lipinski definition) is 3. The summed E-state index contributed by atoms with van der Waals surface area (Å²) in [5.74, 6) is 1.64. The first kappa shape index (κ1) is 14.9. The number of rotatable bonds is 5. The molecular formula is C15H22INO2. The van der Waals surface area contributed by atoms with Crippen LogP contribution in [0.15, 0.2) is 12.1 Å². The van der Waals surface area contributed by atoms with E-state index >= 15 is 0 Å². The minimum atomic E-state index is 0.592. The van der Waals surface area contributed by atoms with E-state index in [-0.39, 0.29) is 0 Å². The molecule has 1 aliphatic heterocycles. The molecule has 3 nitrogen and oxygen atoms in total. The Hall–Kier alpha value is -0.490. The summed E-state index contributed by atoms with van der Waals surface area (Å²) in [5.41, 5.74) is 1.35. The maximum absolute atomic E-state index is 5.40. The van der Waals surface area contributed by atoms with Gasteiger partial charge in [-0.1, -0.05) is 0 Å². The molecule has 0 bridgehead atoms. The van der Waals surface area contributed by atoms with E-state index in [2.05, 4.69) is 46.5 Å². The third-order valence-electron chi connectivity index (χ3n) is 3.83. The normalized spacial score (nSPS) is 17.5. The first-order valence-corrected chi connectivity index (χ1v) is 7.88. The molecule has 1 atom stereocenters. The van der Waals surface area contributed by atoms with Gasteiger partial charge in [-0.2, -0.15) is 0 Å². The lowest BCUT2D eigenvalue weighted by atomic mass is 10.1. The quantitative estimate of drug-likeness (QED) is 0.737. The third-order valence-corrected chi connectivity index (χ3v) is 4.84. The lowest BCUT2D eigenvalue weighted by molar-refractivity contribution is 0.257. The standard InChI is InChI=1S/C15H22INO2/c1-11(17-6-4-5-7-17)8-12-9-14(18-2)15(19-3)10-13(12)16/h9-11H,4-8H2,1-3H3. The zero-order chi connectivity index (χ0) is 13.8. The van der Waals surface area contributed by atoms with Gasteiger partial charge in [-0.05, 0) is 79.6 Å². The molecule has 0 spiro atoms. The molecule has 0 radical (unpaired) electrons. The van der Waals surface area contributed by atoms with Crippen LogP contribution in [-0.4, -0.2) is 38.3 Å². The van der Waals surface area contributed by atoms with E-state index in [0.29, 0.717) is 6.04 Å². The Kier molecular flexibility index (Phi) is 5.33. The van der Waals surface area contributed by atoms with Crippen molar-refractivity contribution in [3.8, 4) is 11.5 Å². The van der Waals surface area contributed by atoms with Crippen molar-refractivity contribution >= 4 is 22.6 Å². The molecule has 2 rings (SSSR count). The molecule has 0 saturated carbocycles. The average Bonchev–Trinajstić information content (AvgIpc) is 2.94. The molecule has 106 valence electrons. The molecule has 0 aromatic heterocycles. The van der Waals surface area contributed by atoms with Gasteiger partial charge in [0.05, 0.1) is 14.2 Å². The Morgan fingerprint density at radius 2 is 1.74 bits per heavy atom. The van der Waals surface area contributed by atoms with E-state index < -0.39 is 0 Å². The number of benzene rings is 1. The second-order valence-electron chi connectivity index (χ2n) is 5.09. The summed E-state index contributed by atoms with van der Waals surface area (Å²) < 4.78 is 12.0. The summed E-state index contributed by atoms with van der Waals surface area (Å²) in [5, 5.41) is 0. The minimum Gasteiger partial charge on any atom is -0.493 e. The van der Waals surface area contributed by atoms with E-state index in [1.54, 1.807) is 14.2 Å². The highest BCUT2D eigenvalue weighted by Crippen LogP contribution is 2.32. The molecule has 0 N–H and O–H groups in total. The van der Waals surface area contributed by atoms with Crippen LogP contribution in [-0.2, 0) is 6.42 Å². The predicted octanol–water partition coefficient (Wildman–Crippen LogP) is 3.34. The van der Waals surface area contributed by atoms with Gasteiger partial charge in [-0.3, -0.25) is 0 Å². The zero-order valence-corrected chi connectivity index (χ0v) is 14.1. The summed E-state index contributed by atoms with van der Waals surface area (Å²) in [6, 6.07) is 4.77. The molecule has 1 aromatic rings. The number of likely N-dealkylation sites (tertiary alicyclic amines) is 1. The number of nitrogens with zero attached hydrogens (tertiary/aromatic N) is 1. The lowest BCUT2D eigenvalue weighted by Gasteiger charge is -2.24. The monoisotopic (exact) mass is 375 g/mol. The van der Waals surface area contributed by atoms with Crippen molar-refractivity contribution < 1.29 is 9.47 Å². The Morgan fingerprint density at radius 1 is 1.16 bits per heavy atom. The molecule has 0 amide bonds. The van der Waals surface area contributed by atoms with Gasteiger partial charge in [0.25, 0.3) is 0 Å². The van der Waals surface area contributed by atoms with Crippen molar-refractivity contribution in [2.75, 3.05) is 27.3 Å². The highest BCUT2D eigenvalue weighted by molar-refractivity contribution is 14.1. The second-order valence-corrected chi connectivity index (χ2v) is 6.26. The van der Waals surface area contributed by atoms with Gasteiger partial charge in [0.2, 0.25) is 0 Å². The molecular weight excluding hydrogens is 353 g/mol. The summed E-state index contributed by atoms with van der Waals surface area (Å²) in [6.45, 7) is 4.80. The highest BCUT2D eigenvalue weighted by Gasteiger charge is 2.20. The van der Waals surface area contributed by atoms with Crippen LogP contribution in [0.3, 0.4) is 0 Å². The van der Waals surface area contributed by atoms with Crippen LogP contribution in [0, 0.1) is 3.57 Å². The van der Waals surface area contributed by atoms with Gasteiger partial charge < -0.3 is 14.4 Å². The summed E-state index contributed by atoms with van der Waals surface area (Å²) in [6.07, 6.45) is 3.75. The fourth-order valence-electron chi connectivity index (χ4n) is 2.68. The Labute approximate surface area is 129 Å². The first-order chi connectivity index (χ1) is 9.15. The number of hydrogen-bond donors (Lipinski definition) is 0. The van der Waals surface area contributed by atoms with Crippen LogP contribution in [0.4, 0.5) is 0 Å². The van der Waals surface area contributed by atoms with Crippen molar-refractivity contribution in [2.24, 2.45) is 0 Å². The number of methoxy groups -OCH3 is 2. The fourth-order valence-corrected chi connectivity index (χ4v) is 3.34. The van der Waals surface area contributed by atoms with Gasteiger partial charge in [0, 0.05) is 9.61 Å². The fraction of sp³-hybridized carbons (Fsp3) is 0.600. The molecule has 1 aromatic carbocycles. The minimum absolute atomic E-state index is 0.592.